The van der Waals surface area contributed by atoms with Crippen LogP contribution in [-0.2, 0) is 0 Å². The van der Waals surface area contributed by atoms with E-state index in [0.29, 0.717) is 5.01 Å². The number of rotatable bonds is 2. The number of carbonyl (C=O) groups excluding carboxylic acids is 1. The van der Waals surface area contributed by atoms with E-state index in [4.69, 9.17) is 0 Å². The van der Waals surface area contributed by atoms with Gasteiger partial charge in [-0.15, -0.1) is 0 Å². The Morgan fingerprint density at radius 3 is 2.71 bits per heavy atom. The van der Waals surface area contributed by atoms with Gasteiger partial charge in [0.15, 0.2) is 0 Å². The number of carbonyl (C=O) groups is 1. The Balaban J connectivity index is 2.27. The number of aromatic nitrogens is 1. The zero-order chi connectivity index (χ0) is 12.5. The van der Waals surface area contributed by atoms with Gasteiger partial charge >= 0.3 is 0 Å². The van der Waals surface area contributed by atoms with E-state index in [1.807, 2.05) is 0 Å². The van der Waals surface area contributed by atoms with E-state index < -0.39 is 18.1 Å². The van der Waals surface area contributed by atoms with E-state index in [1.165, 1.54) is 24.5 Å². The van der Waals surface area contributed by atoms with E-state index in [2.05, 4.69) is 10.4 Å². The molecule has 90 valence electrons. The van der Waals surface area contributed by atoms with Crippen molar-refractivity contribution in [1.29, 1.82) is 0 Å². The minimum Gasteiger partial charge on any atom is -0.361 e. The maximum atomic E-state index is 12.7. The molecule has 0 aromatic carbocycles. The number of halogens is 2. The number of nitrogens with zero attached hydrogens (tertiary/aromatic N) is 2. The second-order valence-electron chi connectivity index (χ2n) is 3.42. The SMILES string of the molecule is O=C(c1ccncc1)N1NC=C[C@]1(O)C(F)F. The van der Waals surface area contributed by atoms with Crippen LogP contribution in [0.15, 0.2) is 36.8 Å². The van der Waals surface area contributed by atoms with Gasteiger partial charge in [-0.2, -0.15) is 0 Å². The Labute approximate surface area is 95.3 Å². The summed E-state index contributed by atoms with van der Waals surface area (Å²) in [6.07, 6.45) is 1.53. The lowest BCUT2D eigenvalue weighted by molar-refractivity contribution is -0.146. The third kappa shape index (κ3) is 1.84. The highest BCUT2D eigenvalue weighted by Crippen LogP contribution is 2.26. The summed E-state index contributed by atoms with van der Waals surface area (Å²) in [7, 11) is 0. The highest BCUT2D eigenvalue weighted by molar-refractivity contribution is 5.94. The number of pyridine rings is 1. The molecule has 1 aliphatic rings. The van der Waals surface area contributed by atoms with Gasteiger partial charge in [0, 0.05) is 24.2 Å². The van der Waals surface area contributed by atoms with Gasteiger partial charge in [-0.3, -0.25) is 9.78 Å². The molecule has 2 N–H and O–H groups in total. The molecular weight excluding hydrogens is 232 g/mol. The van der Waals surface area contributed by atoms with Crippen molar-refractivity contribution in [2.24, 2.45) is 0 Å². The summed E-state index contributed by atoms with van der Waals surface area (Å²) in [5, 5.41) is 10.1. The summed E-state index contributed by atoms with van der Waals surface area (Å²) in [6, 6.07) is 2.74. The van der Waals surface area contributed by atoms with Crippen molar-refractivity contribution >= 4 is 5.91 Å². The Kier molecular flexibility index (Phi) is 2.76. The monoisotopic (exact) mass is 241 g/mol. The fourth-order valence-electron chi connectivity index (χ4n) is 1.43. The van der Waals surface area contributed by atoms with Crippen LogP contribution in [0.5, 0.6) is 0 Å². The van der Waals surface area contributed by atoms with E-state index >= 15 is 0 Å². The summed E-state index contributed by atoms with van der Waals surface area (Å²) >= 11 is 0. The molecule has 0 fully saturated rings. The van der Waals surface area contributed by atoms with Crippen LogP contribution in [0.3, 0.4) is 0 Å². The average molecular weight is 241 g/mol. The second kappa shape index (κ2) is 4.10. The van der Waals surface area contributed by atoms with Crippen LogP contribution in [0.4, 0.5) is 8.78 Å². The molecular formula is C10H9F2N3O2. The fourth-order valence-corrected chi connectivity index (χ4v) is 1.43. The number of aliphatic hydroxyl groups is 1. The maximum Gasteiger partial charge on any atom is 0.291 e. The Morgan fingerprint density at radius 2 is 2.12 bits per heavy atom. The number of hydrazine groups is 1. The lowest BCUT2D eigenvalue weighted by Crippen LogP contribution is -2.56. The van der Waals surface area contributed by atoms with E-state index in [-0.39, 0.29) is 5.56 Å². The Morgan fingerprint density at radius 1 is 1.47 bits per heavy atom. The molecule has 5 nitrogen and oxygen atoms in total. The van der Waals surface area contributed by atoms with Crippen molar-refractivity contribution in [2.75, 3.05) is 0 Å². The Bertz CT molecular complexity index is 452. The van der Waals surface area contributed by atoms with Crippen LogP contribution in [-0.4, -0.2) is 33.2 Å². The van der Waals surface area contributed by atoms with Gasteiger partial charge in [0.1, 0.15) is 0 Å². The normalized spacial score (nSPS) is 22.9. The van der Waals surface area contributed by atoms with Crippen LogP contribution in [0, 0.1) is 0 Å². The van der Waals surface area contributed by atoms with Crippen LogP contribution in [0.2, 0.25) is 0 Å². The highest BCUT2D eigenvalue weighted by atomic mass is 19.3. The Hall–Kier alpha value is -2.02. The fraction of sp³-hybridized carbons (Fsp3) is 0.200. The van der Waals surface area contributed by atoms with Gasteiger partial charge in [-0.25, -0.2) is 13.8 Å². The quantitative estimate of drug-likeness (QED) is 0.791. The van der Waals surface area contributed by atoms with Gasteiger partial charge < -0.3 is 10.5 Å². The molecule has 17 heavy (non-hydrogen) atoms. The smallest absolute Gasteiger partial charge is 0.291 e. The molecule has 1 atom stereocenters. The molecule has 0 saturated carbocycles. The summed E-state index contributed by atoms with van der Waals surface area (Å²) in [4.78, 5) is 15.6. The first-order valence-corrected chi connectivity index (χ1v) is 4.74. The highest BCUT2D eigenvalue weighted by Gasteiger charge is 2.47. The largest absolute Gasteiger partial charge is 0.361 e. The number of alkyl halides is 2. The third-order valence-electron chi connectivity index (χ3n) is 2.34. The number of hydrogen-bond donors (Lipinski definition) is 2. The molecule has 1 amide bonds. The lowest BCUT2D eigenvalue weighted by Gasteiger charge is -2.31. The summed E-state index contributed by atoms with van der Waals surface area (Å²) in [5.41, 5.74) is -0.197. The van der Waals surface area contributed by atoms with Crippen molar-refractivity contribution in [3.05, 3.63) is 42.4 Å². The number of hydrogen-bond acceptors (Lipinski definition) is 4. The first-order chi connectivity index (χ1) is 8.05. The zero-order valence-corrected chi connectivity index (χ0v) is 8.55. The van der Waals surface area contributed by atoms with Crippen LogP contribution >= 0.6 is 0 Å². The zero-order valence-electron chi connectivity index (χ0n) is 8.55. The molecule has 0 aliphatic carbocycles. The molecule has 1 aromatic rings. The van der Waals surface area contributed by atoms with Crippen molar-refractivity contribution in [3.63, 3.8) is 0 Å². The van der Waals surface area contributed by atoms with Crippen molar-refractivity contribution in [1.82, 2.24) is 15.4 Å². The minimum atomic E-state index is -3.11. The molecule has 2 heterocycles. The molecule has 0 saturated heterocycles. The van der Waals surface area contributed by atoms with Gasteiger partial charge in [0.25, 0.3) is 12.3 Å². The molecule has 7 heteroatoms. The van der Waals surface area contributed by atoms with E-state index in [0.717, 1.165) is 12.3 Å². The minimum absolute atomic E-state index is 0.148. The topological polar surface area (TPSA) is 65.5 Å². The third-order valence-corrected chi connectivity index (χ3v) is 2.34. The predicted octanol–water partition coefficient (Wildman–Crippen LogP) is 0.509. The standard InChI is InChI=1S/C10H9F2N3O2/c11-9(12)10(17)3-6-14-15(10)8(16)7-1-4-13-5-2-7/h1-6,9,14,17H/t10-/m0/s1. The lowest BCUT2D eigenvalue weighted by atomic mass is 10.2. The second-order valence-corrected chi connectivity index (χ2v) is 3.42. The summed E-state index contributed by atoms with van der Waals surface area (Å²) < 4.78 is 25.4. The molecule has 2 rings (SSSR count). The molecule has 0 radical (unpaired) electrons. The predicted molar refractivity (Wildman–Crippen MR) is 53.6 cm³/mol. The van der Waals surface area contributed by atoms with Gasteiger partial charge in [0.05, 0.1) is 0 Å². The van der Waals surface area contributed by atoms with Crippen molar-refractivity contribution in [3.8, 4) is 0 Å². The first-order valence-electron chi connectivity index (χ1n) is 4.74. The molecule has 0 spiro atoms. The average Bonchev–Trinajstić information content (AvgIpc) is 2.73. The van der Waals surface area contributed by atoms with Crippen LogP contribution in [0.25, 0.3) is 0 Å². The van der Waals surface area contributed by atoms with Crippen LogP contribution < -0.4 is 5.43 Å². The molecule has 0 bridgehead atoms. The maximum absolute atomic E-state index is 12.7. The van der Waals surface area contributed by atoms with Gasteiger partial charge in [0.2, 0.25) is 5.72 Å². The summed E-state index contributed by atoms with van der Waals surface area (Å²) in [6.45, 7) is 0. The number of nitrogens with one attached hydrogen (secondary N) is 1. The summed E-state index contributed by atoms with van der Waals surface area (Å²) in [5.74, 6) is -0.764. The van der Waals surface area contributed by atoms with E-state index in [1.54, 1.807) is 0 Å². The van der Waals surface area contributed by atoms with Gasteiger partial charge in [-0.05, 0) is 18.2 Å². The first kappa shape index (κ1) is 11.5. The number of amides is 1. The van der Waals surface area contributed by atoms with Crippen molar-refractivity contribution < 1.29 is 18.7 Å². The molecule has 0 unspecified atom stereocenters. The van der Waals surface area contributed by atoms with Gasteiger partial charge in [-0.1, -0.05) is 0 Å². The molecule has 1 aliphatic heterocycles. The van der Waals surface area contributed by atoms with Crippen LogP contribution in [0.1, 0.15) is 10.4 Å². The van der Waals surface area contributed by atoms with E-state index in [9.17, 15) is 18.7 Å². The molecule has 1 aromatic heterocycles. The van der Waals surface area contributed by atoms with Crippen molar-refractivity contribution in [2.45, 2.75) is 12.2 Å².